The van der Waals surface area contributed by atoms with Crippen LogP contribution < -0.4 is 9.64 Å². The molecule has 164 valence electrons. The van der Waals surface area contributed by atoms with Gasteiger partial charge in [0.15, 0.2) is 5.65 Å². The van der Waals surface area contributed by atoms with Crippen LogP contribution in [0.25, 0.3) is 22.6 Å². The van der Waals surface area contributed by atoms with Gasteiger partial charge in [0.25, 0.3) is 0 Å². The summed E-state index contributed by atoms with van der Waals surface area (Å²) in [5.74, 6) is 1.30. The summed E-state index contributed by atoms with van der Waals surface area (Å²) in [7, 11) is 1.58. The minimum absolute atomic E-state index is 0.0780. The van der Waals surface area contributed by atoms with Crippen molar-refractivity contribution in [1.82, 2.24) is 19.9 Å². The van der Waals surface area contributed by atoms with Crippen molar-refractivity contribution >= 4 is 23.0 Å². The monoisotopic (exact) mass is 425 g/mol. The topological polar surface area (TPSA) is 113 Å². The van der Waals surface area contributed by atoms with Crippen LogP contribution in [0.3, 0.4) is 0 Å². The second kappa shape index (κ2) is 8.50. The first-order valence-electron chi connectivity index (χ1n) is 10.3. The zero-order valence-corrected chi connectivity index (χ0v) is 18.0. The first kappa shape index (κ1) is 21.0. The summed E-state index contributed by atoms with van der Waals surface area (Å²) >= 11 is 0. The fourth-order valence-electron chi connectivity index (χ4n) is 3.48. The number of aromatic nitrogens is 4. The Morgan fingerprint density at radius 2 is 2.00 bits per heavy atom. The molecule has 0 spiro atoms. The summed E-state index contributed by atoms with van der Waals surface area (Å²) in [6.45, 7) is 5.23. The summed E-state index contributed by atoms with van der Waals surface area (Å²) in [6, 6.07) is 7.67. The van der Waals surface area contributed by atoms with E-state index in [9.17, 15) is 9.90 Å². The fraction of sp³-hybridized carbons (Fsp3) is 0.455. The molecule has 4 rings (SSSR count). The van der Waals surface area contributed by atoms with Crippen LogP contribution in [0.1, 0.15) is 26.7 Å². The Balaban J connectivity index is 1.36. The highest BCUT2D eigenvalue weighted by Gasteiger charge is 2.30. The van der Waals surface area contributed by atoms with E-state index in [-0.39, 0.29) is 12.7 Å². The zero-order chi connectivity index (χ0) is 22.0. The molecule has 0 amide bonds. The normalized spacial score (nSPS) is 15.4. The molecule has 3 aromatic rings. The van der Waals surface area contributed by atoms with E-state index in [4.69, 9.17) is 9.47 Å². The fourth-order valence-corrected chi connectivity index (χ4v) is 3.48. The molecule has 0 saturated carbocycles. The largest absolute Gasteiger partial charge is 0.481 e. The van der Waals surface area contributed by atoms with Crippen molar-refractivity contribution in [1.29, 1.82) is 0 Å². The predicted octanol–water partition coefficient (Wildman–Crippen LogP) is 3.12. The predicted molar refractivity (Wildman–Crippen MR) is 116 cm³/mol. The minimum atomic E-state index is -0.869. The second-order valence-corrected chi connectivity index (χ2v) is 8.40. The number of carbonyl (C=O) groups is 1. The van der Waals surface area contributed by atoms with Gasteiger partial charge in [-0.25, -0.2) is 9.97 Å². The number of aliphatic carboxylic acids is 1. The highest BCUT2D eigenvalue weighted by Crippen LogP contribution is 2.25. The first-order chi connectivity index (χ1) is 14.9. The lowest BCUT2D eigenvalue weighted by atomic mass is 9.95. The standard InChI is InChI=1S/C22H27N5O4/c1-22(2,21(28)29)13-31-15-8-10-27(11-9-15)17-6-4-14(12-23-17)19-24-16-5-7-18(30-3)25-20(16)26-19/h4-7,12,15H,8-11,13H2,1-3H3,(H,28,29)(H,24,25,26). The Morgan fingerprint density at radius 3 is 2.65 bits per heavy atom. The van der Waals surface area contributed by atoms with Gasteiger partial charge in [0.05, 0.1) is 30.8 Å². The molecule has 2 N–H and O–H groups in total. The molecule has 0 unspecified atom stereocenters. The molecule has 0 radical (unpaired) electrons. The number of rotatable bonds is 7. The van der Waals surface area contributed by atoms with E-state index >= 15 is 0 Å². The van der Waals surface area contributed by atoms with E-state index in [2.05, 4.69) is 24.8 Å². The number of carboxylic acid groups (broad SMARTS) is 1. The van der Waals surface area contributed by atoms with Crippen LogP contribution >= 0.6 is 0 Å². The number of hydrogen-bond donors (Lipinski definition) is 2. The van der Waals surface area contributed by atoms with Crippen LogP contribution in [0.4, 0.5) is 5.82 Å². The maximum Gasteiger partial charge on any atom is 0.311 e. The number of imidazole rings is 1. The molecule has 1 saturated heterocycles. The van der Waals surface area contributed by atoms with Crippen molar-refractivity contribution in [3.05, 3.63) is 30.5 Å². The molecule has 31 heavy (non-hydrogen) atoms. The number of ether oxygens (including phenoxy) is 2. The van der Waals surface area contributed by atoms with Gasteiger partial charge in [-0.1, -0.05) is 0 Å². The summed E-state index contributed by atoms with van der Waals surface area (Å²) in [5, 5.41) is 9.22. The number of carboxylic acids is 1. The molecule has 1 fully saturated rings. The van der Waals surface area contributed by atoms with E-state index in [1.807, 2.05) is 24.4 Å². The first-order valence-corrected chi connectivity index (χ1v) is 10.3. The third-order valence-electron chi connectivity index (χ3n) is 5.58. The highest BCUT2D eigenvalue weighted by atomic mass is 16.5. The smallest absolute Gasteiger partial charge is 0.311 e. The molecule has 1 aliphatic rings. The van der Waals surface area contributed by atoms with Crippen molar-refractivity contribution in [2.75, 3.05) is 31.7 Å². The number of fused-ring (bicyclic) bond motifs is 1. The van der Waals surface area contributed by atoms with Gasteiger partial charge in [-0.3, -0.25) is 4.79 Å². The van der Waals surface area contributed by atoms with Crippen LogP contribution in [0.15, 0.2) is 30.5 Å². The SMILES string of the molecule is COc1ccc2[nH]c(-c3ccc(N4CCC(OCC(C)(C)C(=O)O)CC4)nc3)nc2n1. The number of hydrogen-bond acceptors (Lipinski definition) is 7. The van der Waals surface area contributed by atoms with Crippen molar-refractivity contribution in [2.24, 2.45) is 5.41 Å². The van der Waals surface area contributed by atoms with Gasteiger partial charge in [0.2, 0.25) is 5.88 Å². The Kier molecular flexibility index (Phi) is 5.77. The number of aromatic amines is 1. The number of nitrogens with one attached hydrogen (secondary N) is 1. The number of pyridine rings is 2. The van der Waals surface area contributed by atoms with Gasteiger partial charge in [-0.05, 0) is 44.9 Å². The quantitative estimate of drug-likeness (QED) is 0.594. The molecule has 9 heteroatoms. The Labute approximate surface area is 180 Å². The van der Waals surface area contributed by atoms with Crippen LogP contribution in [-0.4, -0.2) is 63.9 Å². The Morgan fingerprint density at radius 1 is 1.23 bits per heavy atom. The van der Waals surface area contributed by atoms with Crippen LogP contribution in [0, 0.1) is 5.41 Å². The third kappa shape index (κ3) is 4.61. The highest BCUT2D eigenvalue weighted by molar-refractivity contribution is 5.76. The molecule has 0 aliphatic carbocycles. The van der Waals surface area contributed by atoms with E-state index in [1.54, 1.807) is 27.0 Å². The van der Waals surface area contributed by atoms with E-state index in [0.29, 0.717) is 17.4 Å². The summed E-state index contributed by atoms with van der Waals surface area (Å²) in [6.07, 6.45) is 3.57. The van der Waals surface area contributed by atoms with Gasteiger partial charge in [0.1, 0.15) is 11.6 Å². The summed E-state index contributed by atoms with van der Waals surface area (Å²) < 4.78 is 11.0. The van der Waals surface area contributed by atoms with Crippen molar-refractivity contribution in [2.45, 2.75) is 32.8 Å². The lowest BCUT2D eigenvalue weighted by Crippen LogP contribution is -2.39. The lowest BCUT2D eigenvalue weighted by molar-refractivity contribution is -0.152. The van der Waals surface area contributed by atoms with Crippen molar-refractivity contribution < 1.29 is 19.4 Å². The average molecular weight is 425 g/mol. The molecule has 3 aromatic heterocycles. The third-order valence-corrected chi connectivity index (χ3v) is 5.58. The van der Waals surface area contributed by atoms with Crippen molar-refractivity contribution in [3.8, 4) is 17.3 Å². The molecule has 0 aromatic carbocycles. The van der Waals surface area contributed by atoms with Crippen LogP contribution in [0.2, 0.25) is 0 Å². The zero-order valence-electron chi connectivity index (χ0n) is 18.0. The molecule has 4 heterocycles. The summed E-state index contributed by atoms with van der Waals surface area (Å²) in [5.41, 5.74) is 1.46. The van der Waals surface area contributed by atoms with Crippen LogP contribution in [-0.2, 0) is 9.53 Å². The molecule has 9 nitrogen and oxygen atoms in total. The lowest BCUT2D eigenvalue weighted by Gasteiger charge is -2.34. The van der Waals surface area contributed by atoms with E-state index in [1.165, 1.54) is 0 Å². The van der Waals surface area contributed by atoms with E-state index < -0.39 is 11.4 Å². The number of nitrogens with zero attached hydrogens (tertiary/aromatic N) is 4. The molecule has 0 atom stereocenters. The van der Waals surface area contributed by atoms with Gasteiger partial charge in [-0.2, -0.15) is 4.98 Å². The molecule has 0 bridgehead atoms. The Hall–Kier alpha value is -3.20. The maximum atomic E-state index is 11.2. The minimum Gasteiger partial charge on any atom is -0.481 e. The summed E-state index contributed by atoms with van der Waals surface area (Å²) in [4.78, 5) is 30.2. The number of anilines is 1. The van der Waals surface area contributed by atoms with Gasteiger partial charge < -0.3 is 24.5 Å². The number of H-pyrrole nitrogens is 1. The molecular formula is C22H27N5O4. The Bertz CT molecular complexity index is 1060. The van der Waals surface area contributed by atoms with Gasteiger partial charge in [-0.15, -0.1) is 0 Å². The number of piperidine rings is 1. The molecule has 1 aliphatic heterocycles. The number of methoxy groups -OCH3 is 1. The van der Waals surface area contributed by atoms with Crippen LogP contribution in [0.5, 0.6) is 5.88 Å². The van der Waals surface area contributed by atoms with Gasteiger partial charge >= 0.3 is 5.97 Å². The molecular weight excluding hydrogens is 398 g/mol. The van der Waals surface area contributed by atoms with Crippen molar-refractivity contribution in [3.63, 3.8) is 0 Å². The average Bonchev–Trinajstić information content (AvgIpc) is 3.21. The maximum absolute atomic E-state index is 11.2. The van der Waals surface area contributed by atoms with E-state index in [0.717, 1.165) is 42.8 Å². The second-order valence-electron chi connectivity index (χ2n) is 8.40. The van der Waals surface area contributed by atoms with Gasteiger partial charge in [0, 0.05) is 30.9 Å².